The second kappa shape index (κ2) is 10.8. The molecule has 2 nitrogen and oxygen atoms in total. The summed E-state index contributed by atoms with van der Waals surface area (Å²) in [7, 11) is 0. The van der Waals surface area contributed by atoms with Gasteiger partial charge in [0.05, 0.1) is 0 Å². The molecule has 1 atom stereocenters. The summed E-state index contributed by atoms with van der Waals surface area (Å²) in [6, 6.07) is 11.1. The van der Waals surface area contributed by atoms with Crippen LogP contribution in [0.2, 0.25) is 0 Å². The molecule has 0 aromatic heterocycles. The first-order valence-corrected chi connectivity index (χ1v) is 9.73. The van der Waals surface area contributed by atoms with Crippen LogP contribution in [-0.2, 0) is 0 Å². The second-order valence-electron chi connectivity index (χ2n) is 7.54. The van der Waals surface area contributed by atoms with Gasteiger partial charge in [-0.15, -0.1) is 0 Å². The molecule has 1 aliphatic heterocycles. The molecule has 1 aromatic rings. The number of rotatable bonds is 10. The summed E-state index contributed by atoms with van der Waals surface area (Å²) in [5, 5.41) is 3.72. The predicted octanol–water partition coefficient (Wildman–Crippen LogP) is 4.67. The zero-order valence-electron chi connectivity index (χ0n) is 15.3. The minimum absolute atomic E-state index is 0.661. The maximum Gasteiger partial charge on any atom is 0.00201 e. The topological polar surface area (TPSA) is 15.3 Å². The maximum absolute atomic E-state index is 3.72. The molecule has 1 unspecified atom stereocenters. The van der Waals surface area contributed by atoms with E-state index in [0.29, 0.717) is 5.92 Å². The van der Waals surface area contributed by atoms with Crippen molar-refractivity contribution >= 4 is 0 Å². The van der Waals surface area contributed by atoms with Crippen LogP contribution in [0.1, 0.15) is 63.9 Å². The molecule has 23 heavy (non-hydrogen) atoms. The number of nitrogens with one attached hydrogen (secondary N) is 1. The van der Waals surface area contributed by atoms with E-state index in [2.05, 4.69) is 54.4 Å². The highest BCUT2D eigenvalue weighted by atomic mass is 15.1. The van der Waals surface area contributed by atoms with Crippen molar-refractivity contribution in [3.63, 3.8) is 0 Å². The monoisotopic (exact) mass is 316 g/mol. The zero-order chi connectivity index (χ0) is 16.3. The Morgan fingerprint density at radius 2 is 1.74 bits per heavy atom. The van der Waals surface area contributed by atoms with E-state index in [1.54, 1.807) is 0 Å². The Hall–Kier alpha value is -0.860. The van der Waals surface area contributed by atoms with Crippen LogP contribution < -0.4 is 5.32 Å². The highest BCUT2D eigenvalue weighted by Crippen LogP contribution is 2.22. The Morgan fingerprint density at radius 3 is 2.43 bits per heavy atom. The quantitative estimate of drug-likeness (QED) is 0.631. The number of hydrogen-bond donors (Lipinski definition) is 1. The summed E-state index contributed by atoms with van der Waals surface area (Å²) in [5.41, 5.74) is 1.50. The van der Waals surface area contributed by atoms with Crippen LogP contribution in [0.5, 0.6) is 0 Å². The molecule has 2 heteroatoms. The molecule has 1 N–H and O–H groups in total. The number of hydrogen-bond acceptors (Lipinski definition) is 2. The Kier molecular flexibility index (Phi) is 8.70. The van der Waals surface area contributed by atoms with E-state index in [0.717, 1.165) is 19.0 Å². The average Bonchev–Trinajstić information content (AvgIpc) is 2.59. The van der Waals surface area contributed by atoms with Crippen LogP contribution in [0.15, 0.2) is 30.3 Å². The minimum Gasteiger partial charge on any atom is -0.316 e. The summed E-state index contributed by atoms with van der Waals surface area (Å²) in [5.74, 6) is 1.45. The van der Waals surface area contributed by atoms with Crippen molar-refractivity contribution in [3.05, 3.63) is 35.9 Å². The summed E-state index contributed by atoms with van der Waals surface area (Å²) >= 11 is 0. The van der Waals surface area contributed by atoms with Crippen LogP contribution >= 0.6 is 0 Å². The molecular formula is C21H36N2. The van der Waals surface area contributed by atoms with Crippen molar-refractivity contribution in [1.82, 2.24) is 10.2 Å². The van der Waals surface area contributed by atoms with Gasteiger partial charge < -0.3 is 10.2 Å². The molecule has 130 valence electrons. The van der Waals surface area contributed by atoms with E-state index in [-0.39, 0.29) is 0 Å². The normalized spacial score (nSPS) is 17.5. The smallest absolute Gasteiger partial charge is 0.00201 e. The largest absolute Gasteiger partial charge is 0.316 e. The van der Waals surface area contributed by atoms with Crippen molar-refractivity contribution in [2.75, 3.05) is 32.7 Å². The van der Waals surface area contributed by atoms with Crippen molar-refractivity contribution in [1.29, 1.82) is 0 Å². The summed E-state index contributed by atoms with van der Waals surface area (Å²) in [4.78, 5) is 2.64. The van der Waals surface area contributed by atoms with Gasteiger partial charge in [-0.3, -0.25) is 0 Å². The van der Waals surface area contributed by atoms with E-state index < -0.39 is 0 Å². The second-order valence-corrected chi connectivity index (χ2v) is 7.54. The Balaban J connectivity index is 1.68. The maximum atomic E-state index is 3.72. The third-order valence-corrected chi connectivity index (χ3v) is 5.03. The lowest BCUT2D eigenvalue weighted by molar-refractivity contribution is 0.225. The summed E-state index contributed by atoms with van der Waals surface area (Å²) < 4.78 is 0. The first kappa shape index (κ1) is 18.5. The van der Waals surface area contributed by atoms with Gasteiger partial charge in [0.2, 0.25) is 0 Å². The van der Waals surface area contributed by atoms with Crippen LogP contribution in [0.4, 0.5) is 0 Å². The van der Waals surface area contributed by atoms with Crippen molar-refractivity contribution in [2.24, 2.45) is 5.92 Å². The van der Waals surface area contributed by atoms with Crippen LogP contribution in [0.3, 0.4) is 0 Å². The van der Waals surface area contributed by atoms with Crippen LogP contribution in [0.25, 0.3) is 0 Å². The van der Waals surface area contributed by atoms with Gasteiger partial charge in [0.25, 0.3) is 0 Å². The number of piperidine rings is 1. The SMILES string of the molecule is CC(C)CCC(CNCCCN1CCCCC1)c1ccccc1. The van der Waals surface area contributed by atoms with Gasteiger partial charge in [0.15, 0.2) is 0 Å². The molecule has 0 saturated carbocycles. The van der Waals surface area contributed by atoms with Crippen molar-refractivity contribution < 1.29 is 0 Å². The van der Waals surface area contributed by atoms with Crippen molar-refractivity contribution in [3.8, 4) is 0 Å². The number of likely N-dealkylation sites (tertiary alicyclic amines) is 1. The van der Waals surface area contributed by atoms with Gasteiger partial charge in [0.1, 0.15) is 0 Å². The van der Waals surface area contributed by atoms with Gasteiger partial charge in [0, 0.05) is 6.54 Å². The van der Waals surface area contributed by atoms with E-state index in [9.17, 15) is 0 Å². The fourth-order valence-corrected chi connectivity index (χ4v) is 3.53. The molecule has 0 radical (unpaired) electrons. The molecule has 1 aliphatic rings. The van der Waals surface area contributed by atoms with E-state index in [1.165, 1.54) is 63.7 Å². The molecule has 1 heterocycles. The Labute approximate surface area is 143 Å². The van der Waals surface area contributed by atoms with Crippen LogP contribution in [0, 0.1) is 5.92 Å². The molecule has 1 aromatic carbocycles. The molecule has 0 aliphatic carbocycles. The molecule has 0 spiro atoms. The number of benzene rings is 1. The number of nitrogens with zero attached hydrogens (tertiary/aromatic N) is 1. The molecule has 1 saturated heterocycles. The van der Waals surface area contributed by atoms with Gasteiger partial charge in [-0.25, -0.2) is 0 Å². The van der Waals surface area contributed by atoms with E-state index >= 15 is 0 Å². The fourth-order valence-electron chi connectivity index (χ4n) is 3.53. The van der Waals surface area contributed by atoms with E-state index in [1.807, 2.05) is 0 Å². The third-order valence-electron chi connectivity index (χ3n) is 5.03. The van der Waals surface area contributed by atoms with Gasteiger partial charge >= 0.3 is 0 Å². The highest BCUT2D eigenvalue weighted by molar-refractivity contribution is 5.19. The average molecular weight is 317 g/mol. The first-order chi connectivity index (χ1) is 11.3. The van der Waals surface area contributed by atoms with Crippen LogP contribution in [-0.4, -0.2) is 37.6 Å². The molecule has 2 rings (SSSR count). The Morgan fingerprint density at radius 1 is 1.00 bits per heavy atom. The summed E-state index contributed by atoms with van der Waals surface area (Å²) in [6.45, 7) is 10.8. The lowest BCUT2D eigenvalue weighted by Crippen LogP contribution is -2.32. The summed E-state index contributed by atoms with van der Waals surface area (Å²) in [6.07, 6.45) is 8.13. The van der Waals surface area contributed by atoms with Gasteiger partial charge in [-0.1, -0.05) is 57.0 Å². The standard InChI is InChI=1S/C21H36N2/c1-19(2)12-13-21(20-10-5-3-6-11-20)18-22-14-9-17-23-15-7-4-8-16-23/h3,5-6,10-11,19,21-22H,4,7-9,12-18H2,1-2H3. The van der Waals surface area contributed by atoms with Gasteiger partial charge in [-0.05, 0) is 69.3 Å². The molecule has 0 bridgehead atoms. The predicted molar refractivity (Wildman–Crippen MR) is 101 cm³/mol. The lowest BCUT2D eigenvalue weighted by atomic mass is 9.91. The van der Waals surface area contributed by atoms with E-state index in [4.69, 9.17) is 0 Å². The fraction of sp³-hybridized carbons (Fsp3) is 0.714. The zero-order valence-corrected chi connectivity index (χ0v) is 15.3. The van der Waals surface area contributed by atoms with Gasteiger partial charge in [-0.2, -0.15) is 0 Å². The first-order valence-electron chi connectivity index (χ1n) is 9.73. The minimum atomic E-state index is 0.661. The Bertz CT molecular complexity index is 396. The lowest BCUT2D eigenvalue weighted by Gasteiger charge is -2.26. The molecule has 0 amide bonds. The molecular weight excluding hydrogens is 280 g/mol. The van der Waals surface area contributed by atoms with Crippen molar-refractivity contribution in [2.45, 2.75) is 58.3 Å². The third kappa shape index (κ3) is 7.50. The molecule has 1 fully saturated rings. The highest BCUT2D eigenvalue weighted by Gasteiger charge is 2.12.